The Kier molecular flexibility index (Phi) is 9.69. The van der Waals surface area contributed by atoms with Gasteiger partial charge in [-0.15, -0.1) is 0 Å². The molecule has 32 heavy (non-hydrogen) atoms. The molecule has 0 saturated carbocycles. The van der Waals surface area contributed by atoms with Crippen LogP contribution in [0.3, 0.4) is 0 Å². The van der Waals surface area contributed by atoms with Gasteiger partial charge in [0.15, 0.2) is 5.75 Å². The Hall–Kier alpha value is -2.89. The van der Waals surface area contributed by atoms with Gasteiger partial charge in [-0.05, 0) is 30.5 Å². The fourth-order valence-corrected chi connectivity index (χ4v) is 3.26. The minimum atomic E-state index is -1.73. The van der Waals surface area contributed by atoms with Gasteiger partial charge >= 0.3 is 6.09 Å². The average molecular weight is 450 g/mol. The second kappa shape index (κ2) is 12.2. The lowest BCUT2D eigenvalue weighted by Crippen LogP contribution is -2.50. The van der Waals surface area contributed by atoms with Crippen molar-refractivity contribution in [2.24, 2.45) is 5.73 Å². The molecule has 1 amide bonds. The number of anilines is 2. The summed E-state index contributed by atoms with van der Waals surface area (Å²) in [5.41, 5.74) is 12.8. The van der Waals surface area contributed by atoms with Crippen molar-refractivity contribution < 1.29 is 35.1 Å². The van der Waals surface area contributed by atoms with Crippen LogP contribution in [0.15, 0.2) is 48.5 Å². The van der Waals surface area contributed by atoms with Gasteiger partial charge in [-0.1, -0.05) is 30.3 Å². The molecule has 4 atom stereocenters. The topological polar surface area (TPSA) is 183 Å². The SMILES string of the molecule is NC(=O)Oc1cc(N(CCCc2ccccc2)CC(O)C(O)C(O)C(O)CO)ccc1N. The first-order valence-corrected chi connectivity index (χ1v) is 10.2. The van der Waals surface area contributed by atoms with Gasteiger partial charge in [0.25, 0.3) is 0 Å². The van der Waals surface area contributed by atoms with Crippen molar-refractivity contribution in [3.05, 3.63) is 54.1 Å². The van der Waals surface area contributed by atoms with Crippen LogP contribution < -0.4 is 21.1 Å². The maximum Gasteiger partial charge on any atom is 0.410 e. The zero-order chi connectivity index (χ0) is 23.7. The van der Waals surface area contributed by atoms with E-state index in [4.69, 9.17) is 21.3 Å². The normalized spacial score (nSPS) is 14.9. The van der Waals surface area contributed by atoms with E-state index >= 15 is 0 Å². The highest BCUT2D eigenvalue weighted by atomic mass is 16.5. The highest BCUT2D eigenvalue weighted by Crippen LogP contribution is 2.28. The Balaban J connectivity index is 2.19. The minimum Gasteiger partial charge on any atom is -0.408 e. The number of benzene rings is 2. The molecule has 10 heteroatoms. The van der Waals surface area contributed by atoms with Crippen LogP contribution >= 0.6 is 0 Å². The third-order valence-electron chi connectivity index (χ3n) is 5.04. The van der Waals surface area contributed by atoms with Crippen LogP contribution in [0, 0.1) is 0 Å². The van der Waals surface area contributed by atoms with E-state index in [1.807, 2.05) is 30.3 Å². The van der Waals surface area contributed by atoms with Gasteiger partial charge < -0.3 is 46.6 Å². The Morgan fingerprint density at radius 2 is 1.66 bits per heavy atom. The van der Waals surface area contributed by atoms with Crippen molar-refractivity contribution >= 4 is 17.5 Å². The summed E-state index contributed by atoms with van der Waals surface area (Å²) in [7, 11) is 0. The van der Waals surface area contributed by atoms with E-state index in [1.165, 1.54) is 12.1 Å². The largest absolute Gasteiger partial charge is 0.410 e. The minimum absolute atomic E-state index is 0.0498. The van der Waals surface area contributed by atoms with E-state index in [0.717, 1.165) is 12.0 Å². The Bertz CT molecular complexity index is 853. The van der Waals surface area contributed by atoms with Gasteiger partial charge in [-0.3, -0.25) is 0 Å². The third-order valence-corrected chi connectivity index (χ3v) is 5.04. The first kappa shape index (κ1) is 25.4. The molecule has 0 saturated heterocycles. The van der Waals surface area contributed by atoms with Crippen LogP contribution in [0.25, 0.3) is 0 Å². The van der Waals surface area contributed by atoms with E-state index < -0.39 is 37.1 Å². The monoisotopic (exact) mass is 449 g/mol. The van der Waals surface area contributed by atoms with Gasteiger partial charge in [-0.25, -0.2) is 4.79 Å². The summed E-state index contributed by atoms with van der Waals surface area (Å²) in [6.07, 6.45) is -6.09. The number of hydrogen-bond donors (Lipinski definition) is 7. The van der Waals surface area contributed by atoms with Gasteiger partial charge in [0.1, 0.15) is 18.3 Å². The molecule has 0 radical (unpaired) electrons. The second-order valence-corrected chi connectivity index (χ2v) is 7.48. The third kappa shape index (κ3) is 7.36. The van der Waals surface area contributed by atoms with E-state index in [-0.39, 0.29) is 18.0 Å². The van der Waals surface area contributed by atoms with Crippen molar-refractivity contribution in [1.82, 2.24) is 0 Å². The first-order valence-electron chi connectivity index (χ1n) is 10.2. The number of rotatable bonds is 12. The number of nitrogens with zero attached hydrogens (tertiary/aromatic N) is 1. The van der Waals surface area contributed by atoms with Crippen molar-refractivity contribution in [1.29, 1.82) is 0 Å². The van der Waals surface area contributed by atoms with Crippen molar-refractivity contribution in [2.75, 3.05) is 30.3 Å². The quantitative estimate of drug-likeness (QED) is 0.212. The molecule has 0 heterocycles. The maximum absolute atomic E-state index is 11.2. The van der Waals surface area contributed by atoms with Crippen LogP contribution in [0.2, 0.25) is 0 Å². The van der Waals surface area contributed by atoms with E-state index in [1.54, 1.807) is 11.0 Å². The summed E-state index contributed by atoms with van der Waals surface area (Å²) >= 11 is 0. The van der Waals surface area contributed by atoms with Gasteiger partial charge in [-0.2, -0.15) is 0 Å². The molecular weight excluding hydrogens is 418 g/mol. The first-order chi connectivity index (χ1) is 15.2. The van der Waals surface area contributed by atoms with E-state index in [2.05, 4.69) is 0 Å². The molecular formula is C22H31N3O7. The van der Waals surface area contributed by atoms with Crippen LogP contribution in [0.4, 0.5) is 16.2 Å². The summed E-state index contributed by atoms with van der Waals surface area (Å²) in [5, 5.41) is 49.1. The van der Waals surface area contributed by atoms with Crippen molar-refractivity contribution in [2.45, 2.75) is 37.3 Å². The van der Waals surface area contributed by atoms with Crippen molar-refractivity contribution in [3.8, 4) is 5.75 Å². The smallest absolute Gasteiger partial charge is 0.408 e. The van der Waals surface area contributed by atoms with Crippen LogP contribution in [-0.4, -0.2) is 75.7 Å². The maximum atomic E-state index is 11.2. The molecule has 2 aromatic rings. The molecule has 2 aromatic carbocycles. The highest BCUT2D eigenvalue weighted by molar-refractivity contribution is 5.73. The number of aliphatic hydroxyl groups excluding tert-OH is 5. The summed E-state index contributed by atoms with van der Waals surface area (Å²) in [6.45, 7) is -0.445. The molecule has 0 fully saturated rings. The lowest BCUT2D eigenvalue weighted by Gasteiger charge is -2.32. The van der Waals surface area contributed by atoms with Crippen LogP contribution in [-0.2, 0) is 6.42 Å². The number of carbonyl (C=O) groups is 1. The summed E-state index contributed by atoms with van der Waals surface area (Å²) in [4.78, 5) is 12.9. The number of primary amides is 1. The van der Waals surface area contributed by atoms with Crippen molar-refractivity contribution in [3.63, 3.8) is 0 Å². The summed E-state index contributed by atoms with van der Waals surface area (Å²) in [5.74, 6) is 0.0498. The standard InChI is InChI=1S/C22H31N3O7/c23-16-9-8-15(11-19(16)32-22(24)31)25(10-4-7-14-5-2-1-3-6-14)12-17(27)20(29)21(30)18(28)13-26/h1-3,5-6,8-9,11,17-18,20-21,26-30H,4,7,10,12-13,23H2,(H2,24,31). The molecule has 176 valence electrons. The number of amides is 1. The molecule has 4 unspecified atom stereocenters. The highest BCUT2D eigenvalue weighted by Gasteiger charge is 2.31. The summed E-state index contributed by atoms with van der Waals surface area (Å²) < 4.78 is 4.92. The Morgan fingerprint density at radius 3 is 2.28 bits per heavy atom. The molecule has 10 nitrogen and oxygen atoms in total. The fraction of sp³-hybridized carbons (Fsp3) is 0.409. The van der Waals surface area contributed by atoms with Crippen LogP contribution in [0.1, 0.15) is 12.0 Å². The number of ether oxygens (including phenoxy) is 1. The molecule has 0 aromatic heterocycles. The number of carbonyl (C=O) groups excluding carboxylic acids is 1. The zero-order valence-electron chi connectivity index (χ0n) is 17.6. The Labute approximate surface area is 186 Å². The molecule has 0 aliphatic heterocycles. The number of aliphatic hydroxyl groups is 5. The lowest BCUT2D eigenvalue weighted by atomic mass is 10.0. The zero-order valence-corrected chi connectivity index (χ0v) is 17.6. The average Bonchev–Trinajstić information content (AvgIpc) is 2.78. The van der Waals surface area contributed by atoms with E-state index in [0.29, 0.717) is 18.7 Å². The molecule has 0 spiro atoms. The molecule has 0 aliphatic carbocycles. The number of nitrogens with two attached hydrogens (primary N) is 2. The second-order valence-electron chi connectivity index (χ2n) is 7.48. The molecule has 2 rings (SSSR count). The summed E-state index contributed by atoms with van der Waals surface area (Å²) in [6, 6.07) is 14.5. The number of nitrogen functional groups attached to an aromatic ring is 1. The van der Waals surface area contributed by atoms with Gasteiger partial charge in [0.05, 0.1) is 18.4 Å². The molecule has 9 N–H and O–H groups in total. The van der Waals surface area contributed by atoms with E-state index in [9.17, 15) is 25.2 Å². The number of aryl methyl sites for hydroxylation is 1. The lowest BCUT2D eigenvalue weighted by molar-refractivity contribution is -0.112. The Morgan fingerprint density at radius 1 is 1.00 bits per heavy atom. The predicted octanol–water partition coefficient (Wildman–Crippen LogP) is -0.399. The van der Waals surface area contributed by atoms with Gasteiger partial charge in [0.2, 0.25) is 0 Å². The predicted molar refractivity (Wildman–Crippen MR) is 119 cm³/mol. The van der Waals surface area contributed by atoms with Crippen LogP contribution in [0.5, 0.6) is 5.75 Å². The number of hydrogen-bond acceptors (Lipinski definition) is 9. The molecule has 0 bridgehead atoms. The fourth-order valence-electron chi connectivity index (χ4n) is 3.26. The van der Waals surface area contributed by atoms with Gasteiger partial charge in [0, 0.05) is 24.8 Å². The molecule has 0 aliphatic rings.